The maximum atomic E-state index is 12.4. The van der Waals surface area contributed by atoms with Gasteiger partial charge in [-0.15, -0.1) is 4.40 Å². The SMILES string of the molecule is CC(C)C(C)(CN)NC(=O)C1=CN2CCS(=O)(=O)N=C2C=C1. The zero-order chi connectivity index (χ0) is 16.5. The predicted octanol–water partition coefficient (Wildman–Crippen LogP) is -0.0264. The summed E-state index contributed by atoms with van der Waals surface area (Å²) in [7, 11) is -3.39. The van der Waals surface area contributed by atoms with Crippen LogP contribution in [0.2, 0.25) is 0 Å². The Hall–Kier alpha value is -1.67. The van der Waals surface area contributed by atoms with Crippen LogP contribution in [0.3, 0.4) is 0 Å². The molecule has 2 aliphatic rings. The van der Waals surface area contributed by atoms with Gasteiger partial charge in [-0.3, -0.25) is 4.79 Å². The lowest BCUT2D eigenvalue weighted by Gasteiger charge is -2.34. The molecule has 1 atom stereocenters. The van der Waals surface area contributed by atoms with Crippen molar-refractivity contribution in [2.45, 2.75) is 26.3 Å². The Morgan fingerprint density at radius 3 is 2.77 bits per heavy atom. The van der Waals surface area contributed by atoms with Gasteiger partial charge in [0.1, 0.15) is 5.84 Å². The second-order valence-electron chi connectivity index (χ2n) is 6.08. The molecule has 0 aromatic heterocycles. The van der Waals surface area contributed by atoms with E-state index in [1.807, 2.05) is 20.8 Å². The standard InChI is InChI=1S/C14H22N4O3S/c1-10(2)14(3,9-15)16-13(19)11-4-5-12-17-22(20,21)7-6-18(12)8-11/h4-5,8,10H,6-7,9,15H2,1-3H3,(H,16,19). The highest BCUT2D eigenvalue weighted by Crippen LogP contribution is 2.19. The van der Waals surface area contributed by atoms with Crippen LogP contribution in [0.25, 0.3) is 0 Å². The quantitative estimate of drug-likeness (QED) is 0.755. The molecule has 0 saturated carbocycles. The first-order valence-electron chi connectivity index (χ1n) is 7.18. The minimum atomic E-state index is -3.39. The lowest BCUT2D eigenvalue weighted by Crippen LogP contribution is -2.55. The molecule has 2 aliphatic heterocycles. The van der Waals surface area contributed by atoms with Crippen LogP contribution in [0, 0.1) is 5.92 Å². The molecule has 122 valence electrons. The summed E-state index contributed by atoms with van der Waals surface area (Å²) in [5, 5.41) is 2.96. The second kappa shape index (κ2) is 5.85. The number of fused-ring (bicyclic) bond motifs is 1. The molecule has 0 fully saturated rings. The van der Waals surface area contributed by atoms with Gasteiger partial charge in [-0.1, -0.05) is 13.8 Å². The van der Waals surface area contributed by atoms with Crippen molar-refractivity contribution in [3.63, 3.8) is 0 Å². The molecular weight excluding hydrogens is 304 g/mol. The molecule has 2 heterocycles. The van der Waals surface area contributed by atoms with E-state index in [2.05, 4.69) is 9.71 Å². The Morgan fingerprint density at radius 2 is 2.18 bits per heavy atom. The first kappa shape index (κ1) is 16.7. The predicted molar refractivity (Wildman–Crippen MR) is 85.6 cm³/mol. The molecule has 0 aromatic carbocycles. The lowest BCUT2D eigenvalue weighted by atomic mass is 9.88. The third-order valence-corrected chi connectivity index (χ3v) is 5.35. The maximum absolute atomic E-state index is 12.4. The number of carbonyl (C=O) groups is 1. The summed E-state index contributed by atoms with van der Waals surface area (Å²) < 4.78 is 26.6. The molecule has 0 bridgehead atoms. The summed E-state index contributed by atoms with van der Waals surface area (Å²) >= 11 is 0. The number of hydrogen-bond donors (Lipinski definition) is 2. The van der Waals surface area contributed by atoms with Crippen molar-refractivity contribution < 1.29 is 13.2 Å². The molecule has 2 rings (SSSR count). The number of amides is 1. The Bertz CT molecular complexity index is 664. The zero-order valence-electron chi connectivity index (χ0n) is 13.0. The summed E-state index contributed by atoms with van der Waals surface area (Å²) in [6.45, 7) is 6.53. The van der Waals surface area contributed by atoms with Crippen molar-refractivity contribution in [2.75, 3.05) is 18.8 Å². The third kappa shape index (κ3) is 3.38. The Kier molecular flexibility index (Phi) is 4.44. The Labute approximate surface area is 131 Å². The molecule has 1 unspecified atom stereocenters. The molecule has 7 nitrogen and oxygen atoms in total. The van der Waals surface area contributed by atoms with Crippen molar-refractivity contribution in [3.05, 3.63) is 23.9 Å². The van der Waals surface area contributed by atoms with Gasteiger partial charge in [0, 0.05) is 19.3 Å². The zero-order valence-corrected chi connectivity index (χ0v) is 13.9. The minimum Gasteiger partial charge on any atom is -0.345 e. The highest BCUT2D eigenvalue weighted by atomic mass is 32.2. The molecule has 0 aromatic rings. The van der Waals surface area contributed by atoms with E-state index in [4.69, 9.17) is 5.73 Å². The fourth-order valence-corrected chi connectivity index (χ4v) is 3.07. The van der Waals surface area contributed by atoms with E-state index < -0.39 is 15.6 Å². The van der Waals surface area contributed by atoms with Crippen molar-refractivity contribution in [2.24, 2.45) is 16.0 Å². The number of hydrogen-bond acceptors (Lipinski definition) is 5. The molecule has 0 radical (unpaired) electrons. The van der Waals surface area contributed by atoms with Gasteiger partial charge in [0.2, 0.25) is 0 Å². The Balaban J connectivity index is 2.17. The second-order valence-corrected chi connectivity index (χ2v) is 7.83. The third-order valence-electron chi connectivity index (χ3n) is 4.18. The van der Waals surface area contributed by atoms with E-state index in [9.17, 15) is 13.2 Å². The summed E-state index contributed by atoms with van der Waals surface area (Å²) in [5.41, 5.74) is 5.74. The maximum Gasteiger partial charge on any atom is 0.256 e. The van der Waals surface area contributed by atoms with Crippen LogP contribution in [0.4, 0.5) is 0 Å². The van der Waals surface area contributed by atoms with Crippen LogP contribution in [0.15, 0.2) is 28.3 Å². The van der Waals surface area contributed by atoms with E-state index >= 15 is 0 Å². The van der Waals surface area contributed by atoms with Gasteiger partial charge in [0.05, 0.1) is 16.9 Å². The molecule has 8 heteroatoms. The van der Waals surface area contributed by atoms with Gasteiger partial charge in [-0.25, -0.2) is 8.42 Å². The van der Waals surface area contributed by atoms with Crippen molar-refractivity contribution >= 4 is 21.8 Å². The van der Waals surface area contributed by atoms with E-state index in [1.54, 1.807) is 23.3 Å². The van der Waals surface area contributed by atoms with Gasteiger partial charge in [-0.2, -0.15) is 0 Å². The average molecular weight is 326 g/mol. The normalized spacial score (nSPS) is 22.5. The topological polar surface area (TPSA) is 105 Å². The van der Waals surface area contributed by atoms with Gasteiger partial charge >= 0.3 is 0 Å². The van der Waals surface area contributed by atoms with Crippen molar-refractivity contribution in [1.29, 1.82) is 0 Å². The van der Waals surface area contributed by atoms with Crippen LogP contribution in [-0.2, 0) is 14.8 Å². The fraction of sp³-hybridized carbons (Fsp3) is 0.571. The molecule has 0 spiro atoms. The van der Waals surface area contributed by atoms with Crippen LogP contribution < -0.4 is 11.1 Å². The minimum absolute atomic E-state index is 0.0533. The first-order valence-corrected chi connectivity index (χ1v) is 8.79. The lowest BCUT2D eigenvalue weighted by molar-refractivity contribution is -0.119. The van der Waals surface area contributed by atoms with Crippen molar-refractivity contribution in [3.8, 4) is 0 Å². The van der Waals surface area contributed by atoms with Crippen LogP contribution in [0.1, 0.15) is 20.8 Å². The summed E-state index contributed by atoms with van der Waals surface area (Å²) in [6.07, 6.45) is 4.74. The van der Waals surface area contributed by atoms with E-state index in [1.165, 1.54) is 0 Å². The van der Waals surface area contributed by atoms with Crippen molar-refractivity contribution in [1.82, 2.24) is 10.2 Å². The number of rotatable bonds is 4. The first-order chi connectivity index (χ1) is 10.2. The average Bonchev–Trinajstić information content (AvgIpc) is 2.45. The van der Waals surface area contributed by atoms with E-state index in [0.29, 0.717) is 24.5 Å². The number of sulfonamides is 1. The highest BCUT2D eigenvalue weighted by molar-refractivity contribution is 7.90. The highest BCUT2D eigenvalue weighted by Gasteiger charge is 2.31. The van der Waals surface area contributed by atoms with Gasteiger partial charge in [-0.05, 0) is 25.0 Å². The van der Waals surface area contributed by atoms with E-state index in [-0.39, 0.29) is 17.6 Å². The van der Waals surface area contributed by atoms with Gasteiger partial charge in [0.25, 0.3) is 15.9 Å². The monoisotopic (exact) mass is 326 g/mol. The number of nitrogens with zero attached hydrogens (tertiary/aromatic N) is 2. The summed E-state index contributed by atoms with van der Waals surface area (Å²) in [5.74, 6) is 0.243. The number of amidine groups is 1. The molecule has 0 aliphatic carbocycles. The number of carbonyl (C=O) groups excluding carboxylic acids is 1. The molecule has 3 N–H and O–H groups in total. The molecule has 0 saturated heterocycles. The molecule has 1 amide bonds. The molecular formula is C14H22N4O3S. The summed E-state index contributed by atoms with van der Waals surface area (Å²) in [6, 6.07) is 0. The van der Waals surface area contributed by atoms with E-state index in [0.717, 1.165) is 0 Å². The largest absolute Gasteiger partial charge is 0.345 e. The number of nitrogens with one attached hydrogen (secondary N) is 1. The number of nitrogens with two attached hydrogens (primary N) is 1. The van der Waals surface area contributed by atoms with Crippen LogP contribution in [0.5, 0.6) is 0 Å². The van der Waals surface area contributed by atoms with Crippen LogP contribution >= 0.6 is 0 Å². The summed E-state index contributed by atoms with van der Waals surface area (Å²) in [4.78, 5) is 14.1. The smallest absolute Gasteiger partial charge is 0.256 e. The fourth-order valence-electron chi connectivity index (χ4n) is 2.10. The van der Waals surface area contributed by atoms with Crippen LogP contribution in [-0.4, -0.2) is 49.4 Å². The molecule has 22 heavy (non-hydrogen) atoms. The Morgan fingerprint density at radius 1 is 1.50 bits per heavy atom. The van der Waals surface area contributed by atoms with Gasteiger partial charge < -0.3 is 16.0 Å². The van der Waals surface area contributed by atoms with Gasteiger partial charge in [0.15, 0.2) is 0 Å².